The molecule has 0 aromatic rings. The molecule has 18 heavy (non-hydrogen) atoms. The first-order valence-electron chi connectivity index (χ1n) is 7.55. The molecular weight excluding hydrogens is 242 g/mol. The Kier molecular flexibility index (Phi) is 3.72. The maximum absolute atomic E-state index is 11.7. The standard InChI is InChI=1S/C15H25NOS/c1-18-15(7-3-2-4-8-15)11-16-12-5-6-13(16)10-14(17)9-12/h12-13H,2-11H2,1H3. The van der Waals surface area contributed by atoms with Gasteiger partial charge in [-0.25, -0.2) is 0 Å². The van der Waals surface area contributed by atoms with Crippen molar-refractivity contribution in [1.29, 1.82) is 0 Å². The average Bonchev–Trinajstić information content (AvgIpc) is 2.62. The molecule has 1 aliphatic carbocycles. The van der Waals surface area contributed by atoms with Crippen molar-refractivity contribution < 1.29 is 4.79 Å². The SMILES string of the molecule is CSC1(CN2C3CCC2CC(=O)C3)CCCCC1. The van der Waals surface area contributed by atoms with Crippen LogP contribution in [0.25, 0.3) is 0 Å². The zero-order valence-electron chi connectivity index (χ0n) is 11.5. The van der Waals surface area contributed by atoms with Crippen LogP contribution in [0.5, 0.6) is 0 Å². The topological polar surface area (TPSA) is 20.3 Å². The van der Waals surface area contributed by atoms with Crippen LogP contribution < -0.4 is 0 Å². The van der Waals surface area contributed by atoms with Gasteiger partial charge in [0, 0.05) is 36.2 Å². The molecule has 0 aromatic carbocycles. The summed E-state index contributed by atoms with van der Waals surface area (Å²) in [5, 5.41) is 0. The van der Waals surface area contributed by atoms with Crippen LogP contribution in [0.4, 0.5) is 0 Å². The number of Topliss-reactive ketones (excluding diaryl/α,β-unsaturated/α-hetero) is 1. The molecule has 3 fully saturated rings. The average molecular weight is 267 g/mol. The van der Waals surface area contributed by atoms with Crippen molar-refractivity contribution in [2.45, 2.75) is 74.6 Å². The van der Waals surface area contributed by atoms with E-state index < -0.39 is 0 Å². The van der Waals surface area contributed by atoms with Gasteiger partial charge in [-0.3, -0.25) is 9.69 Å². The third-order valence-corrected chi connectivity index (χ3v) is 6.77. The summed E-state index contributed by atoms with van der Waals surface area (Å²) < 4.78 is 0.499. The van der Waals surface area contributed by atoms with Crippen LogP contribution in [0, 0.1) is 0 Å². The molecule has 3 aliphatic rings. The first-order chi connectivity index (χ1) is 8.72. The van der Waals surface area contributed by atoms with E-state index in [1.807, 2.05) is 0 Å². The third kappa shape index (κ3) is 2.36. The van der Waals surface area contributed by atoms with Crippen LogP contribution in [0.3, 0.4) is 0 Å². The lowest BCUT2D eigenvalue weighted by Gasteiger charge is -2.44. The summed E-state index contributed by atoms with van der Waals surface area (Å²) in [6.45, 7) is 1.25. The highest BCUT2D eigenvalue weighted by Crippen LogP contribution is 2.43. The minimum atomic E-state index is 0.499. The molecule has 3 heteroatoms. The van der Waals surface area contributed by atoms with Gasteiger partial charge in [-0.05, 0) is 31.9 Å². The van der Waals surface area contributed by atoms with Gasteiger partial charge in [0.1, 0.15) is 5.78 Å². The predicted molar refractivity (Wildman–Crippen MR) is 77.1 cm³/mol. The number of carbonyl (C=O) groups is 1. The van der Waals surface area contributed by atoms with Crippen molar-refractivity contribution in [3.8, 4) is 0 Å². The Hall–Kier alpha value is -0.0200. The molecule has 2 atom stereocenters. The molecule has 2 saturated heterocycles. The van der Waals surface area contributed by atoms with Gasteiger partial charge in [0.25, 0.3) is 0 Å². The van der Waals surface area contributed by atoms with Crippen LogP contribution in [0.1, 0.15) is 57.8 Å². The molecular formula is C15H25NOS. The first kappa shape index (κ1) is 13.0. The van der Waals surface area contributed by atoms with E-state index >= 15 is 0 Å². The Morgan fingerprint density at radius 3 is 2.33 bits per heavy atom. The van der Waals surface area contributed by atoms with Crippen LogP contribution in [0.15, 0.2) is 0 Å². The molecule has 2 aliphatic heterocycles. The van der Waals surface area contributed by atoms with E-state index in [0.717, 1.165) is 12.8 Å². The number of hydrogen-bond donors (Lipinski definition) is 0. The molecule has 2 bridgehead atoms. The van der Waals surface area contributed by atoms with E-state index in [9.17, 15) is 4.79 Å². The fraction of sp³-hybridized carbons (Fsp3) is 0.933. The van der Waals surface area contributed by atoms with Crippen molar-refractivity contribution in [1.82, 2.24) is 4.90 Å². The van der Waals surface area contributed by atoms with Gasteiger partial charge in [0.2, 0.25) is 0 Å². The van der Waals surface area contributed by atoms with Crippen molar-refractivity contribution in [2.75, 3.05) is 12.8 Å². The van der Waals surface area contributed by atoms with Gasteiger partial charge in [-0.15, -0.1) is 0 Å². The van der Waals surface area contributed by atoms with E-state index in [4.69, 9.17) is 0 Å². The normalized spacial score (nSPS) is 35.9. The van der Waals surface area contributed by atoms with Crippen molar-refractivity contribution >= 4 is 17.5 Å². The Labute approximate surface area is 115 Å². The van der Waals surface area contributed by atoms with E-state index in [1.165, 1.54) is 51.5 Å². The predicted octanol–water partition coefficient (Wildman–Crippen LogP) is 3.25. The van der Waals surface area contributed by atoms with Gasteiger partial charge < -0.3 is 0 Å². The summed E-state index contributed by atoms with van der Waals surface area (Å²) in [6.07, 6.45) is 13.5. The molecule has 0 radical (unpaired) electrons. The number of fused-ring (bicyclic) bond motifs is 2. The van der Waals surface area contributed by atoms with Gasteiger partial charge >= 0.3 is 0 Å². The minimum Gasteiger partial charge on any atom is -0.300 e. The highest BCUT2D eigenvalue weighted by Gasteiger charge is 2.44. The maximum atomic E-state index is 11.7. The van der Waals surface area contributed by atoms with Crippen molar-refractivity contribution in [3.63, 3.8) is 0 Å². The fourth-order valence-electron chi connectivity index (χ4n) is 4.28. The van der Waals surface area contributed by atoms with Crippen LogP contribution in [-0.4, -0.2) is 40.3 Å². The summed E-state index contributed by atoms with van der Waals surface area (Å²) in [7, 11) is 0. The van der Waals surface area contributed by atoms with Crippen molar-refractivity contribution in [2.24, 2.45) is 0 Å². The number of rotatable bonds is 3. The molecule has 3 rings (SSSR count). The van der Waals surface area contributed by atoms with Gasteiger partial charge in [-0.1, -0.05) is 19.3 Å². The molecule has 1 saturated carbocycles. The second kappa shape index (κ2) is 5.16. The summed E-state index contributed by atoms with van der Waals surface area (Å²) >= 11 is 2.09. The van der Waals surface area contributed by atoms with E-state index in [0.29, 0.717) is 22.6 Å². The fourth-order valence-corrected chi connectivity index (χ4v) is 5.25. The zero-order chi connectivity index (χ0) is 12.6. The smallest absolute Gasteiger partial charge is 0.136 e. The molecule has 0 spiro atoms. The van der Waals surface area contributed by atoms with E-state index in [-0.39, 0.29) is 0 Å². The van der Waals surface area contributed by atoms with Crippen LogP contribution in [-0.2, 0) is 4.79 Å². The Morgan fingerprint density at radius 2 is 1.78 bits per heavy atom. The third-order valence-electron chi connectivity index (χ3n) is 5.37. The lowest BCUT2D eigenvalue weighted by Crippen LogP contribution is -2.50. The zero-order valence-corrected chi connectivity index (χ0v) is 12.3. The monoisotopic (exact) mass is 267 g/mol. The lowest BCUT2D eigenvalue weighted by atomic mass is 9.86. The molecule has 102 valence electrons. The highest BCUT2D eigenvalue weighted by molar-refractivity contribution is 8.00. The molecule has 2 unspecified atom stereocenters. The summed E-state index contributed by atoms with van der Waals surface area (Å²) in [6, 6.07) is 1.17. The first-order valence-corrected chi connectivity index (χ1v) is 8.77. The largest absolute Gasteiger partial charge is 0.300 e. The second-order valence-corrected chi connectivity index (χ2v) is 7.73. The molecule has 2 heterocycles. The number of ketones is 1. The molecule has 0 N–H and O–H groups in total. The van der Waals surface area contributed by atoms with Gasteiger partial charge in [0.05, 0.1) is 0 Å². The summed E-state index contributed by atoms with van der Waals surface area (Å²) in [5.74, 6) is 0.514. The minimum absolute atomic E-state index is 0.499. The molecule has 2 nitrogen and oxygen atoms in total. The van der Waals surface area contributed by atoms with Crippen LogP contribution >= 0.6 is 11.8 Å². The number of carbonyl (C=O) groups excluding carboxylic acids is 1. The number of piperidine rings is 1. The van der Waals surface area contributed by atoms with Crippen molar-refractivity contribution in [3.05, 3.63) is 0 Å². The van der Waals surface area contributed by atoms with Gasteiger partial charge in [-0.2, -0.15) is 11.8 Å². The lowest BCUT2D eigenvalue weighted by molar-refractivity contribution is -0.123. The molecule has 0 amide bonds. The Balaban J connectivity index is 1.70. The number of nitrogens with zero attached hydrogens (tertiary/aromatic N) is 1. The maximum Gasteiger partial charge on any atom is 0.136 e. The second-order valence-electron chi connectivity index (χ2n) is 6.45. The number of thioether (sulfide) groups is 1. The quantitative estimate of drug-likeness (QED) is 0.783. The highest BCUT2D eigenvalue weighted by atomic mass is 32.2. The summed E-state index contributed by atoms with van der Waals surface area (Å²) in [5.41, 5.74) is 0. The van der Waals surface area contributed by atoms with E-state index in [1.54, 1.807) is 0 Å². The Bertz CT molecular complexity index is 308. The Morgan fingerprint density at radius 1 is 1.17 bits per heavy atom. The van der Waals surface area contributed by atoms with Crippen LogP contribution in [0.2, 0.25) is 0 Å². The summed E-state index contributed by atoms with van der Waals surface area (Å²) in [4.78, 5) is 14.4. The van der Waals surface area contributed by atoms with Gasteiger partial charge in [0.15, 0.2) is 0 Å². The molecule has 0 aromatic heterocycles. The number of hydrogen-bond acceptors (Lipinski definition) is 3. The van der Waals surface area contributed by atoms with E-state index in [2.05, 4.69) is 22.9 Å².